The minimum absolute atomic E-state index is 0.0253. The van der Waals surface area contributed by atoms with Crippen molar-refractivity contribution >= 4 is 17.5 Å². The second-order valence-corrected chi connectivity index (χ2v) is 5.54. The van der Waals surface area contributed by atoms with Crippen molar-refractivity contribution in [2.45, 2.75) is 26.1 Å². The molecule has 1 amide bonds. The highest BCUT2D eigenvalue weighted by molar-refractivity contribution is 6.18. The van der Waals surface area contributed by atoms with Crippen LogP contribution in [0.2, 0.25) is 0 Å². The van der Waals surface area contributed by atoms with Crippen LogP contribution < -0.4 is 0 Å². The van der Waals surface area contributed by atoms with Crippen LogP contribution >= 0.6 is 11.6 Å². The molecule has 4 nitrogen and oxygen atoms in total. The highest BCUT2D eigenvalue weighted by atomic mass is 35.5. The minimum Gasteiger partial charge on any atom is -0.350 e. The fourth-order valence-electron chi connectivity index (χ4n) is 2.10. The van der Waals surface area contributed by atoms with Crippen molar-refractivity contribution in [3.8, 4) is 0 Å². The molecule has 1 spiro atoms. The van der Waals surface area contributed by atoms with Gasteiger partial charge in [-0.2, -0.15) is 0 Å². The van der Waals surface area contributed by atoms with Gasteiger partial charge in [-0.25, -0.2) is 0 Å². The standard InChI is InChI=1S/C11H18ClNO3/c1-10(2)15-7-11(8-16-10)5-13(6-11)9(14)3-4-12/h3-8H2,1-2H3. The van der Waals surface area contributed by atoms with Gasteiger partial charge < -0.3 is 14.4 Å². The highest BCUT2D eigenvalue weighted by Gasteiger charge is 2.49. The Morgan fingerprint density at radius 1 is 1.31 bits per heavy atom. The molecule has 92 valence electrons. The van der Waals surface area contributed by atoms with Crippen molar-refractivity contribution in [2.24, 2.45) is 5.41 Å². The third-order valence-corrected chi connectivity index (χ3v) is 3.35. The Hall–Kier alpha value is -0.320. The molecular weight excluding hydrogens is 230 g/mol. The summed E-state index contributed by atoms with van der Waals surface area (Å²) in [6.45, 7) is 6.64. The molecule has 0 atom stereocenters. The van der Waals surface area contributed by atoms with Crippen LogP contribution in [0.3, 0.4) is 0 Å². The van der Waals surface area contributed by atoms with Gasteiger partial charge in [0, 0.05) is 25.4 Å². The summed E-state index contributed by atoms with van der Waals surface area (Å²) >= 11 is 5.54. The fourth-order valence-corrected chi connectivity index (χ4v) is 2.26. The topological polar surface area (TPSA) is 38.8 Å². The van der Waals surface area contributed by atoms with E-state index in [0.717, 1.165) is 13.1 Å². The summed E-state index contributed by atoms with van der Waals surface area (Å²) in [6.07, 6.45) is 0.421. The molecule has 0 aromatic carbocycles. The average Bonchev–Trinajstić information content (AvgIpc) is 2.15. The lowest BCUT2D eigenvalue weighted by Gasteiger charge is -2.54. The van der Waals surface area contributed by atoms with E-state index >= 15 is 0 Å². The van der Waals surface area contributed by atoms with E-state index in [-0.39, 0.29) is 11.3 Å². The molecule has 0 N–H and O–H groups in total. The largest absolute Gasteiger partial charge is 0.350 e. The number of hydrogen-bond acceptors (Lipinski definition) is 3. The van der Waals surface area contributed by atoms with Crippen molar-refractivity contribution in [2.75, 3.05) is 32.2 Å². The lowest BCUT2D eigenvalue weighted by molar-refractivity contribution is -0.302. The third-order valence-electron chi connectivity index (χ3n) is 3.17. The summed E-state index contributed by atoms with van der Waals surface area (Å²) in [4.78, 5) is 13.4. The van der Waals surface area contributed by atoms with Gasteiger partial charge in [-0.05, 0) is 13.8 Å². The molecule has 2 aliphatic heterocycles. The summed E-state index contributed by atoms with van der Waals surface area (Å²) in [5.74, 6) is 0.0409. The molecular formula is C11H18ClNO3. The van der Waals surface area contributed by atoms with Crippen LogP contribution in [0.25, 0.3) is 0 Å². The van der Waals surface area contributed by atoms with E-state index < -0.39 is 5.79 Å². The van der Waals surface area contributed by atoms with E-state index in [0.29, 0.717) is 25.5 Å². The number of hydrogen-bond donors (Lipinski definition) is 0. The molecule has 0 saturated carbocycles. The van der Waals surface area contributed by atoms with E-state index in [9.17, 15) is 4.79 Å². The molecule has 0 aromatic rings. The number of carbonyl (C=O) groups excluding carboxylic acids is 1. The Kier molecular flexibility index (Phi) is 3.16. The maximum atomic E-state index is 11.5. The molecule has 2 aliphatic rings. The lowest BCUT2D eigenvalue weighted by Crippen LogP contribution is -2.65. The lowest BCUT2D eigenvalue weighted by atomic mass is 9.80. The summed E-state index contributed by atoms with van der Waals surface area (Å²) in [7, 11) is 0. The third kappa shape index (κ3) is 2.34. The van der Waals surface area contributed by atoms with Crippen LogP contribution in [0.4, 0.5) is 0 Å². The van der Waals surface area contributed by atoms with Gasteiger partial charge in [0.25, 0.3) is 0 Å². The van der Waals surface area contributed by atoms with Gasteiger partial charge in [0.05, 0.1) is 18.6 Å². The van der Waals surface area contributed by atoms with Crippen LogP contribution in [-0.2, 0) is 14.3 Å². The average molecular weight is 248 g/mol. The van der Waals surface area contributed by atoms with Gasteiger partial charge in [0.2, 0.25) is 5.91 Å². The molecule has 2 rings (SSSR count). The predicted molar refractivity (Wildman–Crippen MR) is 60.3 cm³/mol. The molecule has 16 heavy (non-hydrogen) atoms. The van der Waals surface area contributed by atoms with E-state index in [4.69, 9.17) is 21.1 Å². The van der Waals surface area contributed by atoms with E-state index in [1.807, 2.05) is 18.7 Å². The first-order valence-corrected chi connectivity index (χ1v) is 6.12. The number of carbonyl (C=O) groups is 1. The second-order valence-electron chi connectivity index (χ2n) is 5.17. The number of nitrogens with zero attached hydrogens (tertiary/aromatic N) is 1. The Morgan fingerprint density at radius 2 is 1.88 bits per heavy atom. The molecule has 0 bridgehead atoms. The smallest absolute Gasteiger partial charge is 0.223 e. The van der Waals surface area contributed by atoms with Crippen LogP contribution in [0.5, 0.6) is 0 Å². The maximum Gasteiger partial charge on any atom is 0.223 e. The first-order chi connectivity index (χ1) is 7.46. The second kappa shape index (κ2) is 4.17. The quantitative estimate of drug-likeness (QED) is 0.689. The highest BCUT2D eigenvalue weighted by Crippen LogP contribution is 2.37. The number of rotatable bonds is 2. The minimum atomic E-state index is -0.480. The van der Waals surface area contributed by atoms with Gasteiger partial charge in [0.1, 0.15) is 0 Å². The molecule has 0 unspecified atom stereocenters. The number of amides is 1. The molecule has 0 aliphatic carbocycles. The zero-order chi connectivity index (χ0) is 11.8. The number of alkyl halides is 1. The Balaban J connectivity index is 1.81. The predicted octanol–water partition coefficient (Wildman–Crippen LogP) is 1.23. The van der Waals surface area contributed by atoms with Gasteiger partial charge in [-0.15, -0.1) is 11.6 Å². The van der Waals surface area contributed by atoms with E-state index in [1.54, 1.807) is 0 Å². The normalized spacial score (nSPS) is 26.6. The first kappa shape index (κ1) is 12.1. The van der Waals surface area contributed by atoms with Gasteiger partial charge >= 0.3 is 0 Å². The molecule has 2 saturated heterocycles. The van der Waals surface area contributed by atoms with Crippen LogP contribution in [0.15, 0.2) is 0 Å². The Bertz CT molecular complexity index is 275. The summed E-state index contributed by atoms with van der Waals surface area (Å²) in [5.41, 5.74) is 0.0253. The van der Waals surface area contributed by atoms with Crippen molar-refractivity contribution in [1.82, 2.24) is 4.90 Å². The Labute approximate surface area is 101 Å². The van der Waals surface area contributed by atoms with Crippen molar-refractivity contribution in [3.63, 3.8) is 0 Å². The molecule has 2 fully saturated rings. The van der Waals surface area contributed by atoms with Crippen LogP contribution in [0, 0.1) is 5.41 Å². The molecule has 0 aromatic heterocycles. The SMILES string of the molecule is CC1(C)OCC2(CO1)CN(C(=O)CCCl)C2. The zero-order valence-electron chi connectivity index (χ0n) is 9.79. The van der Waals surface area contributed by atoms with Crippen molar-refractivity contribution in [3.05, 3.63) is 0 Å². The van der Waals surface area contributed by atoms with E-state index in [2.05, 4.69) is 0 Å². The van der Waals surface area contributed by atoms with Crippen molar-refractivity contribution in [1.29, 1.82) is 0 Å². The fraction of sp³-hybridized carbons (Fsp3) is 0.909. The molecule has 5 heteroatoms. The first-order valence-electron chi connectivity index (χ1n) is 5.58. The van der Waals surface area contributed by atoms with Crippen LogP contribution in [0.1, 0.15) is 20.3 Å². The number of ether oxygens (including phenoxy) is 2. The van der Waals surface area contributed by atoms with Crippen LogP contribution in [-0.4, -0.2) is 48.8 Å². The summed E-state index contributed by atoms with van der Waals surface area (Å²) < 4.78 is 11.2. The van der Waals surface area contributed by atoms with Crippen molar-refractivity contribution < 1.29 is 14.3 Å². The number of likely N-dealkylation sites (tertiary alicyclic amines) is 1. The zero-order valence-corrected chi connectivity index (χ0v) is 10.5. The maximum absolute atomic E-state index is 11.5. The molecule has 0 radical (unpaired) electrons. The van der Waals surface area contributed by atoms with Gasteiger partial charge in [0.15, 0.2) is 5.79 Å². The monoisotopic (exact) mass is 247 g/mol. The van der Waals surface area contributed by atoms with Gasteiger partial charge in [-0.3, -0.25) is 4.79 Å². The number of halogens is 1. The Morgan fingerprint density at radius 3 is 2.38 bits per heavy atom. The van der Waals surface area contributed by atoms with Gasteiger partial charge in [-0.1, -0.05) is 0 Å². The summed E-state index contributed by atoms with van der Waals surface area (Å²) in [6, 6.07) is 0. The summed E-state index contributed by atoms with van der Waals surface area (Å²) in [5, 5.41) is 0. The molecule has 2 heterocycles. The van der Waals surface area contributed by atoms with E-state index in [1.165, 1.54) is 0 Å².